The Morgan fingerprint density at radius 2 is 1.31 bits per heavy atom. The van der Waals surface area contributed by atoms with E-state index in [-0.39, 0.29) is 24.2 Å². The molecule has 0 saturated carbocycles. The Morgan fingerprint density at radius 3 is 1.86 bits per heavy atom. The molecule has 0 saturated heterocycles. The molecule has 0 amide bonds. The highest BCUT2D eigenvalue weighted by atomic mass is 35.5. The van der Waals surface area contributed by atoms with Crippen LogP contribution in [0.2, 0.25) is 5.02 Å². The molecule has 3 aromatic carbocycles. The molecule has 1 heterocycles. The first kappa shape index (κ1) is 20.7. The molecule has 4 aromatic rings. The molecule has 0 spiro atoms. The number of anilines is 3. The third-order valence-corrected chi connectivity index (χ3v) is 4.98. The normalized spacial score (nSPS) is 10.5. The van der Waals surface area contributed by atoms with E-state index in [1.54, 1.807) is 0 Å². The minimum absolute atomic E-state index is 0. The van der Waals surface area contributed by atoms with Gasteiger partial charge in [0.15, 0.2) is 0 Å². The molecule has 5 nitrogen and oxygen atoms in total. The van der Waals surface area contributed by atoms with Crippen molar-refractivity contribution < 1.29 is 0 Å². The average Bonchev–Trinajstić information content (AvgIpc) is 2.69. The van der Waals surface area contributed by atoms with Gasteiger partial charge in [-0.05, 0) is 23.3 Å². The predicted octanol–water partition coefficient (Wildman–Crippen LogP) is 5.08. The summed E-state index contributed by atoms with van der Waals surface area (Å²) >= 11 is 6.78. The lowest BCUT2D eigenvalue weighted by Gasteiger charge is -2.27. The number of benzene rings is 3. The SMILES string of the molecule is Cl.Nc1nc(N)c2c(Cl)c(N(Cc3ccccc3)Cc3ccccc3)ccc2n1. The van der Waals surface area contributed by atoms with E-state index in [4.69, 9.17) is 23.1 Å². The molecule has 0 atom stereocenters. The van der Waals surface area contributed by atoms with Crippen LogP contribution < -0.4 is 16.4 Å². The van der Waals surface area contributed by atoms with Crippen LogP contribution in [0.25, 0.3) is 10.9 Å². The Balaban J connectivity index is 0.00000240. The summed E-state index contributed by atoms with van der Waals surface area (Å²) in [6.07, 6.45) is 0. The molecule has 0 bridgehead atoms. The van der Waals surface area contributed by atoms with E-state index in [0.29, 0.717) is 29.0 Å². The van der Waals surface area contributed by atoms with Crippen molar-refractivity contribution in [2.45, 2.75) is 13.1 Å². The molecule has 0 unspecified atom stereocenters. The molecular weight excluding hydrogens is 405 g/mol. The first-order valence-electron chi connectivity index (χ1n) is 8.96. The van der Waals surface area contributed by atoms with E-state index < -0.39 is 0 Å². The maximum Gasteiger partial charge on any atom is 0.222 e. The molecule has 0 aliphatic heterocycles. The highest BCUT2D eigenvalue weighted by Crippen LogP contribution is 2.37. The van der Waals surface area contributed by atoms with Gasteiger partial charge in [-0.15, -0.1) is 12.4 Å². The van der Waals surface area contributed by atoms with E-state index in [1.807, 2.05) is 48.5 Å². The van der Waals surface area contributed by atoms with Crippen LogP contribution in [-0.2, 0) is 13.1 Å². The van der Waals surface area contributed by atoms with Crippen molar-refractivity contribution in [2.24, 2.45) is 0 Å². The van der Waals surface area contributed by atoms with Crippen molar-refractivity contribution in [1.82, 2.24) is 9.97 Å². The Bertz CT molecular complexity index is 1060. The molecule has 1 aromatic heterocycles. The number of hydrogen-bond acceptors (Lipinski definition) is 5. The zero-order chi connectivity index (χ0) is 19.5. The molecule has 4 N–H and O–H groups in total. The van der Waals surface area contributed by atoms with E-state index in [2.05, 4.69) is 39.1 Å². The van der Waals surface area contributed by atoms with Gasteiger partial charge in [0.1, 0.15) is 5.82 Å². The fraction of sp³-hybridized carbons (Fsp3) is 0.0909. The van der Waals surface area contributed by atoms with Gasteiger partial charge in [0.2, 0.25) is 5.95 Å². The molecule has 148 valence electrons. The third kappa shape index (κ3) is 4.53. The van der Waals surface area contributed by atoms with E-state index >= 15 is 0 Å². The lowest BCUT2D eigenvalue weighted by Crippen LogP contribution is -2.22. The van der Waals surface area contributed by atoms with Gasteiger partial charge in [0, 0.05) is 13.1 Å². The van der Waals surface area contributed by atoms with E-state index in [9.17, 15) is 0 Å². The quantitative estimate of drug-likeness (QED) is 0.465. The van der Waals surface area contributed by atoms with Gasteiger partial charge < -0.3 is 16.4 Å². The maximum atomic E-state index is 6.78. The number of hydrogen-bond donors (Lipinski definition) is 2. The highest BCUT2D eigenvalue weighted by Gasteiger charge is 2.17. The van der Waals surface area contributed by atoms with Gasteiger partial charge >= 0.3 is 0 Å². The topological polar surface area (TPSA) is 81.1 Å². The highest BCUT2D eigenvalue weighted by molar-refractivity contribution is 6.39. The van der Waals surface area contributed by atoms with Crippen LogP contribution >= 0.6 is 24.0 Å². The number of halogens is 2. The van der Waals surface area contributed by atoms with Crippen molar-refractivity contribution in [3.05, 3.63) is 88.9 Å². The summed E-state index contributed by atoms with van der Waals surface area (Å²) in [5, 5.41) is 1.15. The molecule has 4 rings (SSSR count). The number of nitrogens with zero attached hydrogens (tertiary/aromatic N) is 3. The minimum atomic E-state index is 0. The standard InChI is InChI=1S/C22H20ClN5.ClH/c23-20-18(12-11-17-19(20)21(24)27-22(25)26-17)28(13-15-7-3-1-4-8-15)14-16-9-5-2-6-10-16;/h1-12H,13-14H2,(H4,24,25,26,27);1H. The van der Waals surface area contributed by atoms with Crippen LogP contribution in [0.4, 0.5) is 17.5 Å². The second-order valence-corrected chi connectivity index (χ2v) is 6.97. The minimum Gasteiger partial charge on any atom is -0.383 e. The second kappa shape index (κ2) is 8.99. The summed E-state index contributed by atoms with van der Waals surface area (Å²) < 4.78 is 0. The fourth-order valence-corrected chi connectivity index (χ4v) is 3.67. The maximum absolute atomic E-state index is 6.78. The summed E-state index contributed by atoms with van der Waals surface area (Å²) in [6, 6.07) is 24.4. The van der Waals surface area contributed by atoms with E-state index in [0.717, 1.165) is 5.69 Å². The van der Waals surface area contributed by atoms with Gasteiger partial charge in [-0.1, -0.05) is 72.3 Å². The van der Waals surface area contributed by atoms with Crippen LogP contribution in [-0.4, -0.2) is 9.97 Å². The molecular formula is C22H21Cl2N5. The lowest BCUT2D eigenvalue weighted by molar-refractivity contribution is 0.801. The summed E-state index contributed by atoms with van der Waals surface area (Å²) in [6.45, 7) is 1.41. The summed E-state index contributed by atoms with van der Waals surface area (Å²) in [5.41, 5.74) is 15.7. The van der Waals surface area contributed by atoms with E-state index in [1.165, 1.54) is 11.1 Å². The summed E-state index contributed by atoms with van der Waals surface area (Å²) in [7, 11) is 0. The molecule has 0 fully saturated rings. The number of fused-ring (bicyclic) bond motifs is 1. The Hall–Kier alpha value is -3.02. The Kier molecular flexibility index (Phi) is 6.42. The van der Waals surface area contributed by atoms with Crippen molar-refractivity contribution in [3.63, 3.8) is 0 Å². The van der Waals surface area contributed by atoms with Crippen molar-refractivity contribution in [1.29, 1.82) is 0 Å². The van der Waals surface area contributed by atoms with Gasteiger partial charge in [-0.2, -0.15) is 4.98 Å². The molecule has 29 heavy (non-hydrogen) atoms. The zero-order valence-electron chi connectivity index (χ0n) is 15.6. The Labute approximate surface area is 180 Å². The Morgan fingerprint density at radius 1 is 0.759 bits per heavy atom. The fourth-order valence-electron chi connectivity index (χ4n) is 3.30. The second-order valence-electron chi connectivity index (χ2n) is 6.59. The van der Waals surface area contributed by atoms with Crippen molar-refractivity contribution >= 4 is 52.4 Å². The number of aromatic nitrogens is 2. The van der Waals surface area contributed by atoms with Crippen LogP contribution in [0.15, 0.2) is 72.8 Å². The number of nitrogens with two attached hydrogens (primary N) is 2. The van der Waals surface area contributed by atoms with Crippen molar-refractivity contribution in [3.8, 4) is 0 Å². The largest absolute Gasteiger partial charge is 0.383 e. The molecule has 0 radical (unpaired) electrons. The summed E-state index contributed by atoms with van der Waals surface area (Å²) in [5.74, 6) is 0.424. The summed E-state index contributed by atoms with van der Waals surface area (Å²) in [4.78, 5) is 10.5. The predicted molar refractivity (Wildman–Crippen MR) is 123 cm³/mol. The number of rotatable bonds is 5. The molecule has 7 heteroatoms. The monoisotopic (exact) mass is 425 g/mol. The molecule has 0 aliphatic carbocycles. The molecule has 0 aliphatic rings. The lowest BCUT2D eigenvalue weighted by atomic mass is 10.1. The first-order chi connectivity index (χ1) is 13.6. The van der Waals surface area contributed by atoms with Gasteiger partial charge in [-0.3, -0.25) is 0 Å². The third-order valence-electron chi connectivity index (χ3n) is 4.60. The van der Waals surface area contributed by atoms with Gasteiger partial charge in [0.05, 0.1) is 21.6 Å². The van der Waals surface area contributed by atoms with Crippen LogP contribution in [0.1, 0.15) is 11.1 Å². The van der Waals surface area contributed by atoms with Crippen LogP contribution in [0, 0.1) is 0 Å². The average molecular weight is 426 g/mol. The van der Waals surface area contributed by atoms with Gasteiger partial charge in [0.25, 0.3) is 0 Å². The van der Waals surface area contributed by atoms with Crippen LogP contribution in [0.5, 0.6) is 0 Å². The zero-order valence-corrected chi connectivity index (χ0v) is 17.2. The van der Waals surface area contributed by atoms with Gasteiger partial charge in [-0.25, -0.2) is 4.98 Å². The first-order valence-corrected chi connectivity index (χ1v) is 9.33. The van der Waals surface area contributed by atoms with Crippen LogP contribution in [0.3, 0.4) is 0 Å². The number of nitrogen functional groups attached to an aromatic ring is 2. The smallest absolute Gasteiger partial charge is 0.222 e. The van der Waals surface area contributed by atoms with Crippen molar-refractivity contribution in [2.75, 3.05) is 16.4 Å².